The number of rotatable bonds is 2. The number of thiophene rings is 1. The van der Waals surface area contributed by atoms with Gasteiger partial charge >= 0.3 is 0 Å². The zero-order chi connectivity index (χ0) is 13.5. The van der Waals surface area contributed by atoms with E-state index in [2.05, 4.69) is 6.07 Å². The van der Waals surface area contributed by atoms with Gasteiger partial charge in [0.15, 0.2) is 0 Å². The fourth-order valence-electron chi connectivity index (χ4n) is 2.79. The maximum atomic E-state index is 12.7. The number of hydrogen-bond acceptors (Lipinski definition) is 3. The van der Waals surface area contributed by atoms with Gasteiger partial charge in [-0.3, -0.25) is 4.79 Å². The van der Waals surface area contributed by atoms with Crippen LogP contribution in [0.25, 0.3) is 10.9 Å². The molecule has 0 saturated heterocycles. The number of hydrogen-bond donors (Lipinski definition) is 0. The third kappa shape index (κ3) is 1.68. The summed E-state index contributed by atoms with van der Waals surface area (Å²) in [5.74, 6) is 0.785. The lowest BCUT2D eigenvalue weighted by atomic mass is 10.1. The van der Waals surface area contributed by atoms with Gasteiger partial charge in [-0.15, -0.1) is 11.3 Å². The number of benzene rings is 1. The molecule has 20 heavy (non-hydrogen) atoms. The molecule has 3 heterocycles. The summed E-state index contributed by atoms with van der Waals surface area (Å²) in [4.78, 5) is 13.9. The molecular weight excluding hydrogens is 270 g/mol. The predicted octanol–water partition coefficient (Wildman–Crippen LogP) is 3.05. The number of pyridine rings is 1. The minimum absolute atomic E-state index is 0.0876. The monoisotopic (exact) mass is 283 g/mol. The maximum Gasteiger partial charge on any atom is 0.258 e. The average molecular weight is 283 g/mol. The van der Waals surface area contributed by atoms with Crippen LogP contribution in [0.3, 0.4) is 0 Å². The van der Waals surface area contributed by atoms with E-state index >= 15 is 0 Å². The van der Waals surface area contributed by atoms with E-state index in [9.17, 15) is 4.79 Å². The second-order valence-corrected chi connectivity index (χ2v) is 5.93. The lowest BCUT2D eigenvalue weighted by Crippen LogP contribution is -2.23. The molecule has 3 nitrogen and oxygen atoms in total. The summed E-state index contributed by atoms with van der Waals surface area (Å²) in [6, 6.07) is 12.1. The molecule has 3 aromatic rings. The molecule has 4 heteroatoms. The highest BCUT2D eigenvalue weighted by atomic mass is 32.1. The highest BCUT2D eigenvalue weighted by Crippen LogP contribution is 2.31. The standard InChI is InChI=1S/C16H13NO2S/c18-16-13-7-8-19-15(13)12-5-1-2-6-14(12)17(16)10-11-4-3-9-20-11/h1-6,9H,7-8,10H2. The molecule has 4 rings (SSSR count). The number of fused-ring (bicyclic) bond motifs is 3. The van der Waals surface area contributed by atoms with Crippen LogP contribution < -0.4 is 10.3 Å². The van der Waals surface area contributed by atoms with Crippen LogP contribution in [-0.4, -0.2) is 11.2 Å². The lowest BCUT2D eigenvalue weighted by Gasteiger charge is -2.12. The van der Waals surface area contributed by atoms with Gasteiger partial charge in [-0.1, -0.05) is 18.2 Å². The van der Waals surface area contributed by atoms with E-state index in [0.717, 1.165) is 22.2 Å². The quantitative estimate of drug-likeness (QED) is 0.724. The maximum absolute atomic E-state index is 12.7. The Hall–Kier alpha value is -2.07. The van der Waals surface area contributed by atoms with Crippen molar-refractivity contribution >= 4 is 22.2 Å². The molecule has 100 valence electrons. The Morgan fingerprint density at radius 2 is 2.10 bits per heavy atom. The third-order valence-corrected chi connectivity index (χ3v) is 4.57. The highest BCUT2D eigenvalue weighted by molar-refractivity contribution is 7.09. The van der Waals surface area contributed by atoms with E-state index in [0.29, 0.717) is 19.6 Å². The first-order valence-electron chi connectivity index (χ1n) is 6.64. The Balaban J connectivity index is 2.02. The Labute approximate surface area is 120 Å². The zero-order valence-electron chi connectivity index (χ0n) is 10.8. The Kier molecular flexibility index (Phi) is 2.63. The number of nitrogens with zero attached hydrogens (tertiary/aromatic N) is 1. The van der Waals surface area contributed by atoms with E-state index in [4.69, 9.17) is 4.74 Å². The van der Waals surface area contributed by atoms with Crippen LogP contribution in [0, 0.1) is 0 Å². The predicted molar refractivity (Wildman–Crippen MR) is 80.8 cm³/mol. The van der Waals surface area contributed by atoms with Crippen molar-refractivity contribution in [2.24, 2.45) is 0 Å². The molecule has 0 saturated carbocycles. The van der Waals surface area contributed by atoms with E-state index in [1.165, 1.54) is 4.88 Å². The smallest absolute Gasteiger partial charge is 0.258 e. The molecular formula is C16H13NO2S. The number of para-hydroxylation sites is 1. The largest absolute Gasteiger partial charge is 0.492 e. The first kappa shape index (κ1) is 11.7. The molecule has 2 aromatic heterocycles. The molecule has 1 aromatic carbocycles. The molecule has 0 fully saturated rings. The van der Waals surface area contributed by atoms with Crippen LogP contribution in [0.4, 0.5) is 0 Å². The van der Waals surface area contributed by atoms with Gasteiger partial charge in [0.2, 0.25) is 0 Å². The molecule has 0 bridgehead atoms. The summed E-state index contributed by atoms with van der Waals surface area (Å²) in [6.45, 7) is 1.24. The second kappa shape index (κ2) is 4.49. The minimum Gasteiger partial charge on any atom is -0.492 e. The van der Waals surface area contributed by atoms with Crippen LogP contribution in [0.5, 0.6) is 5.75 Å². The lowest BCUT2D eigenvalue weighted by molar-refractivity contribution is 0.360. The van der Waals surface area contributed by atoms with E-state index < -0.39 is 0 Å². The Morgan fingerprint density at radius 3 is 2.95 bits per heavy atom. The molecule has 0 amide bonds. The topological polar surface area (TPSA) is 31.2 Å². The van der Waals surface area contributed by atoms with Gasteiger partial charge in [0.25, 0.3) is 5.56 Å². The first-order valence-corrected chi connectivity index (χ1v) is 7.52. The molecule has 0 aliphatic carbocycles. The molecule has 0 N–H and O–H groups in total. The third-order valence-electron chi connectivity index (χ3n) is 3.71. The normalized spacial score (nSPS) is 13.4. The SMILES string of the molecule is O=c1c2c(c3ccccc3n1Cc1cccs1)OCC2. The number of ether oxygens (including phenoxy) is 1. The fraction of sp³-hybridized carbons (Fsp3) is 0.188. The summed E-state index contributed by atoms with van der Waals surface area (Å²) in [6.07, 6.45) is 0.712. The van der Waals surface area contributed by atoms with Gasteiger partial charge in [0.1, 0.15) is 5.75 Å². The van der Waals surface area contributed by atoms with E-state index in [1.54, 1.807) is 11.3 Å². The van der Waals surface area contributed by atoms with Crippen molar-refractivity contribution in [2.75, 3.05) is 6.61 Å². The average Bonchev–Trinajstić information content (AvgIpc) is 3.15. The summed E-state index contributed by atoms with van der Waals surface area (Å²) in [5.41, 5.74) is 1.86. The van der Waals surface area contributed by atoms with Crippen LogP contribution in [0.15, 0.2) is 46.6 Å². The first-order chi connectivity index (χ1) is 9.84. The zero-order valence-corrected chi connectivity index (χ0v) is 11.7. The van der Waals surface area contributed by atoms with Crippen LogP contribution >= 0.6 is 11.3 Å². The van der Waals surface area contributed by atoms with Crippen LogP contribution in [0.1, 0.15) is 10.4 Å². The van der Waals surface area contributed by atoms with Crippen molar-refractivity contribution in [3.63, 3.8) is 0 Å². The fourth-order valence-corrected chi connectivity index (χ4v) is 3.48. The summed E-state index contributed by atoms with van der Waals surface area (Å²) in [7, 11) is 0. The Bertz CT molecular complexity index is 834. The molecule has 0 radical (unpaired) electrons. The molecule has 0 spiro atoms. The summed E-state index contributed by atoms with van der Waals surface area (Å²) < 4.78 is 7.54. The van der Waals surface area contributed by atoms with Gasteiger partial charge in [-0.2, -0.15) is 0 Å². The van der Waals surface area contributed by atoms with Crippen molar-refractivity contribution < 1.29 is 4.74 Å². The van der Waals surface area contributed by atoms with E-state index in [-0.39, 0.29) is 5.56 Å². The van der Waals surface area contributed by atoms with Gasteiger partial charge < -0.3 is 9.30 Å². The Morgan fingerprint density at radius 1 is 1.20 bits per heavy atom. The minimum atomic E-state index is 0.0876. The van der Waals surface area contributed by atoms with Crippen molar-refractivity contribution in [1.82, 2.24) is 4.57 Å². The van der Waals surface area contributed by atoms with E-state index in [1.807, 2.05) is 40.3 Å². The van der Waals surface area contributed by atoms with Gasteiger partial charge in [0, 0.05) is 16.7 Å². The second-order valence-electron chi connectivity index (χ2n) is 4.89. The highest BCUT2D eigenvalue weighted by Gasteiger charge is 2.22. The van der Waals surface area contributed by atoms with Gasteiger partial charge in [-0.25, -0.2) is 0 Å². The molecule has 0 atom stereocenters. The van der Waals surface area contributed by atoms with Crippen LogP contribution in [-0.2, 0) is 13.0 Å². The molecule has 0 unspecified atom stereocenters. The number of aromatic nitrogens is 1. The van der Waals surface area contributed by atoms with Crippen molar-refractivity contribution in [2.45, 2.75) is 13.0 Å². The van der Waals surface area contributed by atoms with Crippen molar-refractivity contribution in [1.29, 1.82) is 0 Å². The van der Waals surface area contributed by atoms with Gasteiger partial charge in [0.05, 0.1) is 24.2 Å². The van der Waals surface area contributed by atoms with Crippen molar-refractivity contribution in [3.05, 3.63) is 62.6 Å². The molecule has 1 aliphatic heterocycles. The molecule has 1 aliphatic rings. The summed E-state index contributed by atoms with van der Waals surface area (Å²) >= 11 is 1.68. The summed E-state index contributed by atoms with van der Waals surface area (Å²) in [5, 5.41) is 3.08. The van der Waals surface area contributed by atoms with Crippen molar-refractivity contribution in [3.8, 4) is 5.75 Å². The van der Waals surface area contributed by atoms with Crippen LogP contribution in [0.2, 0.25) is 0 Å². The van der Waals surface area contributed by atoms with Gasteiger partial charge in [-0.05, 0) is 23.6 Å².